The first kappa shape index (κ1) is 21.7. The summed E-state index contributed by atoms with van der Waals surface area (Å²) in [5.74, 6) is 6.69. The van der Waals surface area contributed by atoms with Crippen molar-refractivity contribution in [1.29, 1.82) is 0 Å². The Morgan fingerprint density at radius 3 is 2.58 bits per heavy atom. The molecule has 0 aliphatic carbocycles. The Labute approximate surface area is 161 Å². The predicted molar refractivity (Wildman–Crippen MR) is 113 cm³/mol. The van der Waals surface area contributed by atoms with Crippen LogP contribution in [0, 0.1) is 24.7 Å². The maximum Gasteiger partial charge on any atom is 0.180 e. The van der Waals surface area contributed by atoms with Gasteiger partial charge in [-0.3, -0.25) is 9.59 Å². The van der Waals surface area contributed by atoms with Gasteiger partial charge in [-0.15, -0.1) is 0 Å². The molecule has 0 unspecified atom stereocenters. The fourth-order valence-corrected chi connectivity index (χ4v) is 2.92. The Hall–Kier alpha value is -2.31. The fourth-order valence-electron chi connectivity index (χ4n) is 2.34. The highest BCUT2D eigenvalue weighted by Crippen LogP contribution is 2.25. The van der Waals surface area contributed by atoms with E-state index in [1.807, 2.05) is 32.1 Å². The van der Waals surface area contributed by atoms with E-state index in [4.69, 9.17) is 0 Å². The molecule has 0 spiro atoms. The molecule has 1 aromatic rings. The Morgan fingerprint density at radius 2 is 2.00 bits per heavy atom. The molecule has 0 aromatic heterocycles. The molecule has 0 saturated carbocycles. The summed E-state index contributed by atoms with van der Waals surface area (Å²) in [6.07, 6.45) is 7.87. The molecule has 0 saturated heterocycles. The first-order chi connectivity index (χ1) is 12.4. The molecule has 26 heavy (non-hydrogen) atoms. The number of allylic oxidation sites excluding steroid dienone is 6. The molecule has 0 atom stereocenters. The van der Waals surface area contributed by atoms with Gasteiger partial charge >= 0.3 is 0 Å². The van der Waals surface area contributed by atoms with Gasteiger partial charge in [0.05, 0.1) is 0 Å². The average Bonchev–Trinajstić information content (AvgIpc) is 2.62. The summed E-state index contributed by atoms with van der Waals surface area (Å²) in [5, 5.41) is 0. The second-order valence-electron chi connectivity index (χ2n) is 6.23. The van der Waals surface area contributed by atoms with Crippen molar-refractivity contribution in [3.63, 3.8) is 0 Å². The van der Waals surface area contributed by atoms with E-state index in [0.29, 0.717) is 5.56 Å². The lowest BCUT2D eigenvalue weighted by Gasteiger charge is -2.10. The Bertz CT molecular complexity index is 799. The lowest BCUT2D eigenvalue weighted by Crippen LogP contribution is -1.95. The maximum absolute atomic E-state index is 11.0. The van der Waals surface area contributed by atoms with Gasteiger partial charge in [0.2, 0.25) is 0 Å². The Morgan fingerprint density at radius 1 is 1.27 bits per heavy atom. The van der Waals surface area contributed by atoms with Gasteiger partial charge in [-0.25, -0.2) is 0 Å². The van der Waals surface area contributed by atoms with Gasteiger partial charge in [0.15, 0.2) is 5.62 Å². The molecule has 0 amide bonds. The van der Waals surface area contributed by atoms with Gasteiger partial charge in [-0.05, 0) is 54.4 Å². The SMILES string of the molecule is CC/C=C/C(C#Cc1cc(C=O)ccc1C)=C\C(=C(/C)SC=O)C(C)C. The molecular weight excluding hydrogens is 340 g/mol. The van der Waals surface area contributed by atoms with Gasteiger partial charge < -0.3 is 0 Å². The molecule has 1 rings (SSSR count). The second-order valence-corrected chi connectivity index (χ2v) is 7.27. The van der Waals surface area contributed by atoms with Gasteiger partial charge in [0.1, 0.15) is 6.29 Å². The summed E-state index contributed by atoms with van der Waals surface area (Å²) in [4.78, 5) is 22.8. The first-order valence-corrected chi connectivity index (χ1v) is 9.58. The van der Waals surface area contributed by atoms with Crippen LogP contribution in [-0.2, 0) is 4.79 Å². The molecule has 0 aliphatic heterocycles. The van der Waals surface area contributed by atoms with Crippen LogP contribution in [0.2, 0.25) is 0 Å². The summed E-state index contributed by atoms with van der Waals surface area (Å²) in [6, 6.07) is 5.51. The normalized spacial score (nSPS) is 12.6. The van der Waals surface area contributed by atoms with Crippen LogP contribution in [0.15, 0.2) is 52.5 Å². The number of thioether (sulfide) groups is 1. The minimum absolute atomic E-state index is 0.286. The lowest BCUT2D eigenvalue weighted by molar-refractivity contribution is 0.112. The molecule has 2 nitrogen and oxygen atoms in total. The number of hydrogen-bond acceptors (Lipinski definition) is 3. The third kappa shape index (κ3) is 6.90. The first-order valence-electron chi connectivity index (χ1n) is 8.70. The van der Waals surface area contributed by atoms with Gasteiger partial charge in [-0.2, -0.15) is 0 Å². The van der Waals surface area contributed by atoms with Crippen molar-refractivity contribution in [1.82, 2.24) is 0 Å². The fraction of sp³-hybridized carbons (Fsp3) is 0.304. The smallest absolute Gasteiger partial charge is 0.180 e. The van der Waals surface area contributed by atoms with E-state index in [2.05, 4.69) is 44.8 Å². The molecule has 0 fully saturated rings. The van der Waals surface area contributed by atoms with Crippen LogP contribution in [0.3, 0.4) is 0 Å². The third-order valence-corrected chi connectivity index (χ3v) is 4.52. The molecule has 0 heterocycles. The maximum atomic E-state index is 11.0. The van der Waals surface area contributed by atoms with E-state index in [9.17, 15) is 9.59 Å². The molecule has 0 N–H and O–H groups in total. The third-order valence-electron chi connectivity index (χ3n) is 3.84. The summed E-state index contributed by atoms with van der Waals surface area (Å²) in [7, 11) is 0. The molecule has 0 aliphatic rings. The molecule has 0 radical (unpaired) electrons. The highest BCUT2D eigenvalue weighted by molar-refractivity contribution is 8.15. The van der Waals surface area contributed by atoms with E-state index in [1.165, 1.54) is 11.8 Å². The molecular formula is C23H26O2S. The zero-order chi connectivity index (χ0) is 19.5. The molecule has 3 heteroatoms. The Balaban J connectivity index is 3.40. The topological polar surface area (TPSA) is 34.1 Å². The van der Waals surface area contributed by atoms with Crippen molar-refractivity contribution in [2.45, 2.75) is 41.0 Å². The van der Waals surface area contributed by atoms with E-state index in [1.54, 1.807) is 6.07 Å². The minimum atomic E-state index is 0.286. The van der Waals surface area contributed by atoms with Crippen LogP contribution in [0.25, 0.3) is 0 Å². The van der Waals surface area contributed by atoms with E-state index in [-0.39, 0.29) is 5.92 Å². The highest BCUT2D eigenvalue weighted by atomic mass is 32.2. The van der Waals surface area contributed by atoms with Crippen molar-refractivity contribution in [3.8, 4) is 11.8 Å². The predicted octanol–water partition coefficient (Wildman–Crippen LogP) is 5.91. The zero-order valence-corrected chi connectivity index (χ0v) is 16.9. The molecule has 136 valence electrons. The van der Waals surface area contributed by atoms with E-state index in [0.717, 1.165) is 45.5 Å². The summed E-state index contributed by atoms with van der Waals surface area (Å²) in [5.41, 5.74) is 5.35. The second kappa shape index (κ2) is 11.3. The zero-order valence-electron chi connectivity index (χ0n) is 16.1. The standard InChI is InChI=1S/C23H26O2S/c1-6-7-8-20(14-23(17(2)3)19(5)26-16-25)11-12-22-13-21(15-24)10-9-18(22)4/h7-10,13-17H,6H2,1-5H3/b8-7+,20-14+,23-19-. The van der Waals surface area contributed by atoms with Crippen molar-refractivity contribution >= 4 is 23.7 Å². The van der Waals surface area contributed by atoms with Crippen LogP contribution in [-0.4, -0.2) is 11.9 Å². The lowest BCUT2D eigenvalue weighted by atomic mass is 9.99. The van der Waals surface area contributed by atoms with Crippen LogP contribution in [0.5, 0.6) is 0 Å². The Kier molecular flexibility index (Phi) is 9.47. The number of aldehydes is 1. The monoisotopic (exact) mass is 366 g/mol. The summed E-state index contributed by atoms with van der Waals surface area (Å²) in [6.45, 7) is 10.2. The van der Waals surface area contributed by atoms with Crippen molar-refractivity contribution in [2.75, 3.05) is 0 Å². The van der Waals surface area contributed by atoms with Crippen molar-refractivity contribution in [3.05, 3.63) is 69.2 Å². The van der Waals surface area contributed by atoms with Crippen LogP contribution >= 0.6 is 11.8 Å². The van der Waals surface area contributed by atoms with Gasteiger partial charge in [0, 0.05) is 16.7 Å². The van der Waals surface area contributed by atoms with Crippen molar-refractivity contribution < 1.29 is 9.59 Å². The molecule has 1 aromatic carbocycles. The quantitative estimate of drug-likeness (QED) is 0.342. The summed E-state index contributed by atoms with van der Waals surface area (Å²) >= 11 is 1.20. The average molecular weight is 367 g/mol. The van der Waals surface area contributed by atoms with Crippen molar-refractivity contribution in [2.24, 2.45) is 5.92 Å². The number of aryl methyl sites for hydroxylation is 1. The highest BCUT2D eigenvalue weighted by Gasteiger charge is 2.06. The number of hydrogen-bond donors (Lipinski definition) is 0. The van der Waals surface area contributed by atoms with E-state index < -0.39 is 0 Å². The molecule has 0 bridgehead atoms. The van der Waals surface area contributed by atoms with Gasteiger partial charge in [-0.1, -0.05) is 68.7 Å². The number of carbonyl (C=O) groups excluding carboxylic acids is 2. The summed E-state index contributed by atoms with van der Waals surface area (Å²) < 4.78 is 0. The van der Waals surface area contributed by atoms with Gasteiger partial charge in [0.25, 0.3) is 0 Å². The van der Waals surface area contributed by atoms with E-state index >= 15 is 0 Å². The number of rotatable bonds is 7. The van der Waals surface area contributed by atoms with Crippen LogP contribution in [0.1, 0.15) is 55.6 Å². The number of benzene rings is 1. The number of carbonyl (C=O) groups is 2. The largest absolute Gasteiger partial charge is 0.298 e. The van der Waals surface area contributed by atoms with Crippen LogP contribution in [0.4, 0.5) is 0 Å². The van der Waals surface area contributed by atoms with Crippen LogP contribution < -0.4 is 0 Å². The minimum Gasteiger partial charge on any atom is -0.298 e.